The van der Waals surface area contributed by atoms with Crippen LogP contribution in [-0.2, 0) is 11.3 Å². The van der Waals surface area contributed by atoms with E-state index in [1.165, 1.54) is 32.1 Å². The summed E-state index contributed by atoms with van der Waals surface area (Å²) in [5, 5.41) is 9.28. The van der Waals surface area contributed by atoms with Crippen molar-refractivity contribution in [2.24, 2.45) is 0 Å². The lowest BCUT2D eigenvalue weighted by molar-refractivity contribution is -0.145. The van der Waals surface area contributed by atoms with Gasteiger partial charge >= 0.3 is 5.97 Å². The highest BCUT2D eigenvalue weighted by molar-refractivity contribution is 5.73. The molecule has 2 aliphatic rings. The lowest BCUT2D eigenvalue weighted by Crippen LogP contribution is -2.54. The molecule has 0 amide bonds. The number of carboxylic acids is 1. The number of rotatable bonds is 4. The van der Waals surface area contributed by atoms with Gasteiger partial charge in [-0.3, -0.25) is 14.6 Å². The number of hydrogen-bond acceptors (Lipinski definition) is 5. The Balaban J connectivity index is 1.58. The third kappa shape index (κ3) is 4.06. The van der Waals surface area contributed by atoms with Crippen molar-refractivity contribution in [3.8, 4) is 0 Å². The molecule has 2 heterocycles. The molecule has 1 aromatic heterocycles. The SMILES string of the molecule is CN1CCN(Cc2cnc(C3CCCCC3)nc2)CC1C(=O)O. The summed E-state index contributed by atoms with van der Waals surface area (Å²) in [7, 11) is 1.87. The standard InChI is InChI=1S/C17H26N4O2/c1-20-7-8-21(12-15(20)17(22)23)11-13-9-18-16(19-10-13)14-5-3-2-4-6-14/h9-10,14-15H,2-8,11-12H2,1H3,(H,22,23). The van der Waals surface area contributed by atoms with Gasteiger partial charge in [-0.1, -0.05) is 19.3 Å². The Morgan fingerprint density at radius 1 is 1.22 bits per heavy atom. The number of piperazine rings is 1. The normalized spacial score (nSPS) is 24.7. The third-order valence-electron chi connectivity index (χ3n) is 5.12. The Bertz CT molecular complexity index is 528. The molecule has 126 valence electrons. The number of likely N-dealkylation sites (N-methyl/N-ethyl adjacent to an activating group) is 1. The van der Waals surface area contributed by atoms with E-state index in [4.69, 9.17) is 0 Å². The molecule has 1 unspecified atom stereocenters. The minimum atomic E-state index is -0.749. The molecule has 3 rings (SSSR count). The molecular weight excluding hydrogens is 292 g/mol. The number of carboxylic acid groups (broad SMARTS) is 1. The van der Waals surface area contributed by atoms with Crippen LogP contribution in [-0.4, -0.2) is 63.6 Å². The maximum Gasteiger partial charge on any atom is 0.322 e. The largest absolute Gasteiger partial charge is 0.480 e. The average molecular weight is 318 g/mol. The fraction of sp³-hybridized carbons (Fsp3) is 0.706. The summed E-state index contributed by atoms with van der Waals surface area (Å²) in [6.07, 6.45) is 10.2. The summed E-state index contributed by atoms with van der Waals surface area (Å²) in [5.74, 6) is 0.758. The molecule has 1 aromatic rings. The molecule has 1 aliphatic carbocycles. The van der Waals surface area contributed by atoms with Crippen molar-refractivity contribution >= 4 is 5.97 Å². The van der Waals surface area contributed by atoms with Gasteiger partial charge in [-0.2, -0.15) is 0 Å². The summed E-state index contributed by atoms with van der Waals surface area (Å²) < 4.78 is 0. The van der Waals surface area contributed by atoms with Crippen molar-refractivity contribution in [2.45, 2.75) is 50.6 Å². The molecule has 0 spiro atoms. The number of aromatic nitrogens is 2. The number of aliphatic carboxylic acids is 1. The molecule has 23 heavy (non-hydrogen) atoms. The summed E-state index contributed by atoms with van der Waals surface area (Å²) in [5.41, 5.74) is 1.07. The van der Waals surface area contributed by atoms with Crippen molar-refractivity contribution in [2.75, 3.05) is 26.7 Å². The van der Waals surface area contributed by atoms with E-state index in [1.54, 1.807) is 0 Å². The molecule has 2 fully saturated rings. The van der Waals surface area contributed by atoms with Crippen LogP contribution in [0.15, 0.2) is 12.4 Å². The fourth-order valence-electron chi connectivity index (χ4n) is 3.62. The van der Waals surface area contributed by atoms with Crippen LogP contribution in [0.25, 0.3) is 0 Å². The maximum absolute atomic E-state index is 11.3. The fourth-order valence-corrected chi connectivity index (χ4v) is 3.62. The number of nitrogens with zero attached hydrogens (tertiary/aromatic N) is 4. The Hall–Kier alpha value is -1.53. The number of carbonyl (C=O) groups is 1. The topological polar surface area (TPSA) is 69.6 Å². The van der Waals surface area contributed by atoms with Crippen LogP contribution in [0.1, 0.15) is 49.4 Å². The Morgan fingerprint density at radius 3 is 2.57 bits per heavy atom. The summed E-state index contributed by atoms with van der Waals surface area (Å²) in [6.45, 7) is 2.93. The monoisotopic (exact) mass is 318 g/mol. The van der Waals surface area contributed by atoms with Gasteiger partial charge < -0.3 is 5.11 Å². The smallest absolute Gasteiger partial charge is 0.322 e. The van der Waals surface area contributed by atoms with Crippen LogP contribution < -0.4 is 0 Å². The van der Waals surface area contributed by atoms with Crippen LogP contribution in [0.2, 0.25) is 0 Å². The van der Waals surface area contributed by atoms with E-state index in [0.717, 1.165) is 31.0 Å². The zero-order valence-electron chi connectivity index (χ0n) is 13.8. The molecule has 0 aromatic carbocycles. The molecule has 0 radical (unpaired) electrons. The van der Waals surface area contributed by atoms with Gasteiger partial charge in [0, 0.05) is 50.1 Å². The van der Waals surface area contributed by atoms with Crippen molar-refractivity contribution < 1.29 is 9.90 Å². The minimum absolute atomic E-state index is 0.425. The molecule has 1 saturated carbocycles. The van der Waals surface area contributed by atoms with E-state index in [2.05, 4.69) is 14.9 Å². The highest BCUT2D eigenvalue weighted by Crippen LogP contribution is 2.30. The van der Waals surface area contributed by atoms with E-state index in [0.29, 0.717) is 12.5 Å². The second kappa shape index (κ2) is 7.36. The average Bonchev–Trinajstić information content (AvgIpc) is 2.58. The second-order valence-corrected chi connectivity index (χ2v) is 6.85. The first kappa shape index (κ1) is 16.3. The van der Waals surface area contributed by atoms with E-state index in [9.17, 15) is 9.90 Å². The van der Waals surface area contributed by atoms with Gasteiger partial charge in [-0.15, -0.1) is 0 Å². The summed E-state index contributed by atoms with van der Waals surface area (Å²) in [6, 6.07) is -0.425. The molecule has 1 aliphatic heterocycles. The van der Waals surface area contributed by atoms with E-state index < -0.39 is 12.0 Å². The van der Waals surface area contributed by atoms with E-state index in [1.807, 2.05) is 24.3 Å². The van der Waals surface area contributed by atoms with Crippen molar-refractivity contribution in [1.82, 2.24) is 19.8 Å². The molecule has 1 atom stereocenters. The molecule has 6 heteroatoms. The lowest BCUT2D eigenvalue weighted by Gasteiger charge is -2.37. The Labute approximate surface area is 137 Å². The molecular formula is C17H26N4O2. The van der Waals surface area contributed by atoms with Crippen molar-refractivity contribution in [3.63, 3.8) is 0 Å². The van der Waals surface area contributed by atoms with Gasteiger partial charge in [0.05, 0.1) is 0 Å². The van der Waals surface area contributed by atoms with Crippen LogP contribution in [0.3, 0.4) is 0 Å². The van der Waals surface area contributed by atoms with Crippen molar-refractivity contribution in [1.29, 1.82) is 0 Å². The molecule has 6 nitrogen and oxygen atoms in total. The van der Waals surface area contributed by atoms with Crippen LogP contribution in [0.4, 0.5) is 0 Å². The quantitative estimate of drug-likeness (QED) is 0.912. The summed E-state index contributed by atoms with van der Waals surface area (Å²) >= 11 is 0. The zero-order valence-corrected chi connectivity index (χ0v) is 13.8. The third-order valence-corrected chi connectivity index (χ3v) is 5.12. The molecule has 0 bridgehead atoms. The first-order valence-electron chi connectivity index (χ1n) is 8.59. The molecule has 1 saturated heterocycles. The molecule has 1 N–H and O–H groups in total. The highest BCUT2D eigenvalue weighted by Gasteiger charge is 2.29. The van der Waals surface area contributed by atoms with E-state index in [-0.39, 0.29) is 0 Å². The van der Waals surface area contributed by atoms with Crippen molar-refractivity contribution in [3.05, 3.63) is 23.8 Å². The van der Waals surface area contributed by atoms with Gasteiger partial charge in [0.25, 0.3) is 0 Å². The maximum atomic E-state index is 11.3. The predicted molar refractivity (Wildman–Crippen MR) is 87.2 cm³/mol. The van der Waals surface area contributed by atoms with Gasteiger partial charge in [0.2, 0.25) is 0 Å². The summed E-state index contributed by atoms with van der Waals surface area (Å²) in [4.78, 5) is 24.5. The first-order chi connectivity index (χ1) is 11.1. The van der Waals surface area contributed by atoms with Crippen LogP contribution in [0, 0.1) is 0 Å². The lowest BCUT2D eigenvalue weighted by atomic mass is 9.89. The van der Waals surface area contributed by atoms with Gasteiger partial charge in [-0.25, -0.2) is 9.97 Å². The Morgan fingerprint density at radius 2 is 1.91 bits per heavy atom. The predicted octanol–water partition coefficient (Wildman–Crippen LogP) is 1.72. The minimum Gasteiger partial charge on any atom is -0.480 e. The van der Waals surface area contributed by atoms with Gasteiger partial charge in [0.15, 0.2) is 0 Å². The van der Waals surface area contributed by atoms with Crippen LogP contribution in [0.5, 0.6) is 0 Å². The number of hydrogen-bond donors (Lipinski definition) is 1. The van der Waals surface area contributed by atoms with Crippen LogP contribution >= 0.6 is 0 Å². The highest BCUT2D eigenvalue weighted by atomic mass is 16.4. The van der Waals surface area contributed by atoms with E-state index >= 15 is 0 Å². The Kier molecular flexibility index (Phi) is 5.23. The first-order valence-corrected chi connectivity index (χ1v) is 8.59. The second-order valence-electron chi connectivity index (χ2n) is 6.85. The van der Waals surface area contributed by atoms with Gasteiger partial charge in [0.1, 0.15) is 11.9 Å². The van der Waals surface area contributed by atoms with Gasteiger partial charge in [-0.05, 0) is 19.9 Å². The zero-order chi connectivity index (χ0) is 16.2.